The van der Waals surface area contributed by atoms with Crippen LogP contribution in [0.2, 0.25) is 5.02 Å². The molecule has 1 fully saturated rings. The SMILES string of the molecule is Cc1cccc(CN2C(=O)C3C(N=C4OC(c5ccc(Cl)cc5)=CN43)N(C)C2=O)c1. The van der Waals surface area contributed by atoms with Crippen molar-refractivity contribution in [3.05, 3.63) is 76.4 Å². The molecule has 3 heterocycles. The Morgan fingerprint density at radius 3 is 2.63 bits per heavy atom. The smallest absolute Gasteiger partial charge is 0.328 e. The molecule has 3 amide bonds. The van der Waals surface area contributed by atoms with Crippen molar-refractivity contribution in [1.29, 1.82) is 0 Å². The predicted molar refractivity (Wildman–Crippen MR) is 112 cm³/mol. The van der Waals surface area contributed by atoms with Crippen LogP contribution < -0.4 is 0 Å². The summed E-state index contributed by atoms with van der Waals surface area (Å²) in [5, 5.41) is 0.629. The minimum absolute atomic E-state index is 0.213. The molecule has 0 radical (unpaired) electrons. The summed E-state index contributed by atoms with van der Waals surface area (Å²) < 4.78 is 5.89. The van der Waals surface area contributed by atoms with Gasteiger partial charge in [-0.2, -0.15) is 0 Å². The summed E-state index contributed by atoms with van der Waals surface area (Å²) in [6.07, 6.45) is 1.15. The molecule has 0 saturated carbocycles. The van der Waals surface area contributed by atoms with Crippen molar-refractivity contribution in [3.8, 4) is 0 Å². The number of amidine groups is 1. The van der Waals surface area contributed by atoms with Crippen LogP contribution in [0, 0.1) is 6.92 Å². The van der Waals surface area contributed by atoms with Crippen molar-refractivity contribution >= 4 is 35.3 Å². The molecule has 5 rings (SSSR count). The normalized spacial score (nSPS) is 22.6. The number of imide groups is 1. The molecule has 2 unspecified atom stereocenters. The summed E-state index contributed by atoms with van der Waals surface area (Å²) in [4.78, 5) is 35.2. The van der Waals surface area contributed by atoms with E-state index < -0.39 is 12.2 Å². The van der Waals surface area contributed by atoms with Crippen LogP contribution in [0.4, 0.5) is 4.79 Å². The van der Waals surface area contributed by atoms with Crippen molar-refractivity contribution in [3.63, 3.8) is 0 Å². The molecule has 152 valence electrons. The molecular formula is C22H19ClN4O3. The fourth-order valence-electron chi connectivity index (χ4n) is 3.97. The van der Waals surface area contributed by atoms with Crippen LogP contribution in [0.3, 0.4) is 0 Å². The quantitative estimate of drug-likeness (QED) is 0.760. The zero-order valence-corrected chi connectivity index (χ0v) is 17.2. The fraction of sp³-hybridized carbons (Fsp3) is 0.227. The third kappa shape index (κ3) is 2.93. The van der Waals surface area contributed by atoms with E-state index in [2.05, 4.69) is 4.99 Å². The lowest BCUT2D eigenvalue weighted by molar-refractivity contribution is -0.137. The number of ether oxygens (including phenoxy) is 1. The Morgan fingerprint density at radius 2 is 1.90 bits per heavy atom. The van der Waals surface area contributed by atoms with E-state index in [0.717, 1.165) is 16.7 Å². The van der Waals surface area contributed by atoms with Crippen LogP contribution in [0.25, 0.3) is 5.76 Å². The van der Waals surface area contributed by atoms with Gasteiger partial charge in [-0.25, -0.2) is 9.79 Å². The van der Waals surface area contributed by atoms with Gasteiger partial charge in [-0.3, -0.25) is 14.6 Å². The summed E-state index contributed by atoms with van der Waals surface area (Å²) in [6.45, 7) is 2.19. The van der Waals surface area contributed by atoms with E-state index in [4.69, 9.17) is 16.3 Å². The van der Waals surface area contributed by atoms with Crippen LogP contribution in [0.15, 0.2) is 59.7 Å². The summed E-state index contributed by atoms with van der Waals surface area (Å²) in [5.74, 6) is 0.294. The molecule has 3 aliphatic heterocycles. The Morgan fingerprint density at radius 1 is 1.13 bits per heavy atom. The molecule has 3 aliphatic rings. The van der Waals surface area contributed by atoms with Gasteiger partial charge in [-0.05, 0) is 36.8 Å². The second-order valence-electron chi connectivity index (χ2n) is 7.59. The van der Waals surface area contributed by atoms with Gasteiger partial charge in [0.15, 0.2) is 18.0 Å². The largest absolute Gasteiger partial charge is 0.423 e. The molecule has 8 heteroatoms. The Balaban J connectivity index is 1.44. The number of halogens is 1. The van der Waals surface area contributed by atoms with E-state index in [9.17, 15) is 9.59 Å². The average Bonchev–Trinajstić information content (AvgIpc) is 3.28. The number of nitrogens with zero attached hydrogens (tertiary/aromatic N) is 4. The molecular weight excluding hydrogens is 404 g/mol. The second-order valence-corrected chi connectivity index (χ2v) is 8.02. The minimum Gasteiger partial charge on any atom is -0.423 e. The molecule has 0 bridgehead atoms. The van der Waals surface area contributed by atoms with Gasteiger partial charge >= 0.3 is 6.03 Å². The highest BCUT2D eigenvalue weighted by Crippen LogP contribution is 2.35. The number of hydrogen-bond donors (Lipinski definition) is 0. The van der Waals surface area contributed by atoms with Crippen LogP contribution in [0.5, 0.6) is 0 Å². The third-order valence-corrected chi connectivity index (χ3v) is 5.76. The van der Waals surface area contributed by atoms with E-state index in [1.165, 1.54) is 9.80 Å². The van der Waals surface area contributed by atoms with Crippen molar-refractivity contribution in [2.75, 3.05) is 7.05 Å². The van der Waals surface area contributed by atoms with Gasteiger partial charge in [-0.15, -0.1) is 0 Å². The number of carbonyl (C=O) groups excluding carboxylic acids is 2. The number of fused-ring (bicyclic) bond motifs is 3. The lowest BCUT2D eigenvalue weighted by atomic mass is 10.1. The van der Waals surface area contributed by atoms with E-state index in [1.807, 2.05) is 43.3 Å². The Kier molecular flexibility index (Phi) is 4.29. The Labute approximate surface area is 178 Å². The number of aliphatic imine (C=N–C) groups is 1. The van der Waals surface area contributed by atoms with Gasteiger partial charge in [0, 0.05) is 17.6 Å². The lowest BCUT2D eigenvalue weighted by Crippen LogP contribution is -2.63. The predicted octanol–water partition coefficient (Wildman–Crippen LogP) is 3.44. The first-order valence-corrected chi connectivity index (χ1v) is 9.95. The Hall–Kier alpha value is -3.32. The first-order chi connectivity index (χ1) is 14.4. The van der Waals surface area contributed by atoms with Gasteiger partial charge < -0.3 is 9.64 Å². The van der Waals surface area contributed by atoms with Gasteiger partial charge in [0.1, 0.15) is 0 Å². The summed E-state index contributed by atoms with van der Waals surface area (Å²) >= 11 is 5.96. The van der Waals surface area contributed by atoms with Crippen LogP contribution in [-0.4, -0.2) is 51.9 Å². The van der Waals surface area contributed by atoms with Gasteiger partial charge in [0.25, 0.3) is 11.9 Å². The number of likely N-dealkylation sites (N-methyl/N-ethyl adjacent to an activating group) is 1. The van der Waals surface area contributed by atoms with E-state index >= 15 is 0 Å². The van der Waals surface area contributed by atoms with Crippen molar-refractivity contribution in [1.82, 2.24) is 14.7 Å². The fourth-order valence-corrected chi connectivity index (χ4v) is 4.09. The number of urea groups is 1. The van der Waals surface area contributed by atoms with E-state index in [0.29, 0.717) is 16.8 Å². The summed E-state index contributed by atoms with van der Waals surface area (Å²) in [6, 6.07) is 14.3. The molecule has 0 spiro atoms. The van der Waals surface area contributed by atoms with E-state index in [1.54, 1.807) is 30.3 Å². The first-order valence-electron chi connectivity index (χ1n) is 9.58. The maximum atomic E-state index is 13.3. The lowest BCUT2D eigenvalue weighted by Gasteiger charge is -2.39. The number of amides is 3. The van der Waals surface area contributed by atoms with Crippen LogP contribution in [0.1, 0.15) is 16.7 Å². The zero-order chi connectivity index (χ0) is 21.0. The van der Waals surface area contributed by atoms with Crippen molar-refractivity contribution < 1.29 is 14.3 Å². The summed E-state index contributed by atoms with van der Waals surface area (Å²) in [7, 11) is 1.66. The molecule has 2 aromatic rings. The summed E-state index contributed by atoms with van der Waals surface area (Å²) in [5.41, 5.74) is 2.81. The molecule has 2 atom stereocenters. The number of rotatable bonds is 3. The zero-order valence-electron chi connectivity index (χ0n) is 16.4. The highest BCUT2D eigenvalue weighted by Gasteiger charge is 2.54. The van der Waals surface area contributed by atoms with E-state index in [-0.39, 0.29) is 18.5 Å². The highest BCUT2D eigenvalue weighted by molar-refractivity contribution is 6.30. The molecule has 7 nitrogen and oxygen atoms in total. The molecule has 0 N–H and O–H groups in total. The van der Waals surface area contributed by atoms with Crippen LogP contribution >= 0.6 is 11.6 Å². The average molecular weight is 423 g/mol. The topological polar surface area (TPSA) is 65.5 Å². The monoisotopic (exact) mass is 422 g/mol. The van der Waals surface area contributed by atoms with Gasteiger partial charge in [0.2, 0.25) is 0 Å². The number of carbonyl (C=O) groups is 2. The number of hydrogen-bond acceptors (Lipinski definition) is 5. The molecule has 0 aromatic heterocycles. The number of aryl methyl sites for hydroxylation is 1. The Bertz CT molecular complexity index is 1110. The third-order valence-electron chi connectivity index (χ3n) is 5.50. The van der Waals surface area contributed by atoms with Crippen molar-refractivity contribution in [2.45, 2.75) is 25.7 Å². The van der Waals surface area contributed by atoms with Gasteiger partial charge in [-0.1, -0.05) is 41.4 Å². The van der Waals surface area contributed by atoms with Crippen LogP contribution in [-0.2, 0) is 16.1 Å². The molecule has 2 aromatic carbocycles. The van der Waals surface area contributed by atoms with Crippen molar-refractivity contribution in [2.24, 2.45) is 4.99 Å². The maximum absolute atomic E-state index is 13.3. The second kappa shape index (κ2) is 6.88. The highest BCUT2D eigenvalue weighted by atomic mass is 35.5. The molecule has 0 aliphatic carbocycles. The minimum atomic E-state index is -0.655. The first kappa shape index (κ1) is 18.7. The maximum Gasteiger partial charge on any atom is 0.328 e. The standard InChI is InChI=1S/C22H19ClN4O3/c1-13-4-3-5-14(10-13)11-27-20(28)18-19(25(2)22(27)29)24-21-26(18)12-17(30-21)15-6-8-16(23)9-7-15/h3-10,12,18-19H,11H2,1-2H3. The molecule has 1 saturated heterocycles. The number of benzene rings is 2. The van der Waals surface area contributed by atoms with Gasteiger partial charge in [0.05, 0.1) is 12.7 Å². The molecule has 30 heavy (non-hydrogen) atoms.